The Morgan fingerprint density at radius 3 is 1.53 bits per heavy atom. The average molecular weight is 433 g/mol. The molecule has 3 amide bonds. The first kappa shape index (κ1) is 27.8. The number of carbonyl (C=O) groups is 4. The third kappa shape index (κ3) is 8.25. The van der Waals surface area contributed by atoms with Crippen molar-refractivity contribution in [1.82, 2.24) is 16.0 Å². The summed E-state index contributed by atoms with van der Waals surface area (Å²) in [5.41, 5.74) is 5.90. The zero-order chi connectivity index (χ0) is 23.8. The molecule has 0 aromatic carbocycles. The molecular weight excluding hydrogens is 396 g/mol. The number of aliphatic hydroxyl groups is 2. The van der Waals surface area contributed by atoms with Gasteiger partial charge in [-0.05, 0) is 25.7 Å². The van der Waals surface area contributed by atoms with Crippen LogP contribution in [-0.4, -0.2) is 75.4 Å². The van der Waals surface area contributed by atoms with E-state index in [4.69, 9.17) is 10.8 Å². The first-order valence-corrected chi connectivity index (χ1v) is 10.00. The predicted molar refractivity (Wildman–Crippen MR) is 109 cm³/mol. The van der Waals surface area contributed by atoms with Gasteiger partial charge in [0.15, 0.2) is 6.04 Å². The van der Waals surface area contributed by atoms with E-state index in [0.29, 0.717) is 6.42 Å². The molecule has 0 saturated carbocycles. The van der Waals surface area contributed by atoms with Crippen LogP contribution >= 0.6 is 0 Å². The Morgan fingerprint density at radius 1 is 0.767 bits per heavy atom. The molecule has 0 aliphatic carbocycles. The number of amides is 3. The lowest BCUT2D eigenvalue weighted by Crippen LogP contribution is -2.61. The highest BCUT2D eigenvalue weighted by Crippen LogP contribution is 2.09. The molecule has 8 N–H and O–H groups in total. The lowest BCUT2D eigenvalue weighted by atomic mass is 9.97. The fraction of sp³-hybridized carbons (Fsp3) is 0.789. The standard InChI is InChI=1S/C19H36N4O7/c1-7-9(4)12(20)16(26)21-13(8(2)3)17(27)22-14(10(5)24)18(28)23-15(11(6)25)19(29)30/h8-15,24-25H,7,20H2,1-6H3,(H,21,26)(H,22,27)(H,23,28)(H,29,30). The minimum absolute atomic E-state index is 0.106. The lowest BCUT2D eigenvalue weighted by Gasteiger charge is -2.29. The van der Waals surface area contributed by atoms with Gasteiger partial charge in [0.2, 0.25) is 17.7 Å². The zero-order valence-electron chi connectivity index (χ0n) is 18.4. The molecule has 7 unspecified atom stereocenters. The monoisotopic (exact) mass is 432 g/mol. The van der Waals surface area contributed by atoms with E-state index in [1.807, 2.05) is 13.8 Å². The van der Waals surface area contributed by atoms with Crippen LogP contribution in [0.3, 0.4) is 0 Å². The second-order valence-corrected chi connectivity index (χ2v) is 7.93. The molecule has 7 atom stereocenters. The number of nitrogens with two attached hydrogens (primary N) is 1. The number of nitrogens with one attached hydrogen (secondary N) is 3. The van der Waals surface area contributed by atoms with Crippen LogP contribution in [0, 0.1) is 11.8 Å². The van der Waals surface area contributed by atoms with Crippen molar-refractivity contribution in [2.45, 2.75) is 84.3 Å². The van der Waals surface area contributed by atoms with Crippen molar-refractivity contribution in [2.75, 3.05) is 0 Å². The summed E-state index contributed by atoms with van der Waals surface area (Å²) in [6.07, 6.45) is -2.10. The highest BCUT2D eigenvalue weighted by Gasteiger charge is 2.35. The van der Waals surface area contributed by atoms with E-state index in [2.05, 4.69) is 16.0 Å². The second kappa shape index (κ2) is 12.5. The van der Waals surface area contributed by atoms with E-state index in [0.717, 1.165) is 0 Å². The molecule has 0 rings (SSSR count). The Balaban J connectivity index is 5.39. The molecule has 0 aliphatic heterocycles. The van der Waals surface area contributed by atoms with Crippen LogP contribution in [0.5, 0.6) is 0 Å². The Bertz CT molecular complexity index is 610. The first-order valence-electron chi connectivity index (χ1n) is 10.00. The molecule has 0 saturated heterocycles. The number of hydrogen-bond donors (Lipinski definition) is 7. The highest BCUT2D eigenvalue weighted by atomic mass is 16.4. The van der Waals surface area contributed by atoms with Gasteiger partial charge in [0.25, 0.3) is 0 Å². The van der Waals surface area contributed by atoms with Crippen molar-refractivity contribution < 1.29 is 34.5 Å². The fourth-order valence-corrected chi connectivity index (χ4v) is 2.58. The molecule has 0 heterocycles. The van der Waals surface area contributed by atoms with Gasteiger partial charge in [-0.25, -0.2) is 4.79 Å². The molecule has 0 spiro atoms. The summed E-state index contributed by atoms with van der Waals surface area (Å²) in [7, 11) is 0. The van der Waals surface area contributed by atoms with Crippen molar-refractivity contribution in [3.05, 3.63) is 0 Å². The maximum Gasteiger partial charge on any atom is 0.328 e. The number of aliphatic hydroxyl groups excluding tert-OH is 2. The first-order chi connectivity index (χ1) is 13.7. The van der Waals surface area contributed by atoms with Crippen molar-refractivity contribution in [3.63, 3.8) is 0 Å². The Labute approximate surface area is 176 Å². The number of carbonyl (C=O) groups excluding carboxylic acids is 3. The number of carboxylic acid groups (broad SMARTS) is 1. The van der Waals surface area contributed by atoms with Crippen molar-refractivity contribution in [1.29, 1.82) is 0 Å². The van der Waals surface area contributed by atoms with Crippen LogP contribution in [0.25, 0.3) is 0 Å². The summed E-state index contributed by atoms with van der Waals surface area (Å²) in [6.45, 7) is 9.48. The zero-order valence-corrected chi connectivity index (χ0v) is 18.4. The van der Waals surface area contributed by atoms with Gasteiger partial charge in [-0.15, -0.1) is 0 Å². The molecule has 0 aromatic rings. The third-order valence-electron chi connectivity index (χ3n) is 4.92. The van der Waals surface area contributed by atoms with E-state index in [1.165, 1.54) is 13.8 Å². The molecule has 174 valence electrons. The summed E-state index contributed by atoms with van der Waals surface area (Å²) in [5, 5.41) is 35.5. The van der Waals surface area contributed by atoms with Crippen LogP contribution in [0.15, 0.2) is 0 Å². The number of rotatable bonds is 12. The summed E-state index contributed by atoms with van der Waals surface area (Å²) in [4.78, 5) is 48.7. The van der Waals surface area contributed by atoms with Crippen molar-refractivity contribution in [3.8, 4) is 0 Å². The van der Waals surface area contributed by atoms with Crippen LogP contribution < -0.4 is 21.7 Å². The maximum atomic E-state index is 12.7. The van der Waals surface area contributed by atoms with Crippen LogP contribution in [-0.2, 0) is 19.2 Å². The summed E-state index contributed by atoms with van der Waals surface area (Å²) >= 11 is 0. The molecule has 0 radical (unpaired) electrons. The molecule has 0 aromatic heterocycles. The van der Waals surface area contributed by atoms with E-state index >= 15 is 0 Å². The van der Waals surface area contributed by atoms with Crippen molar-refractivity contribution >= 4 is 23.7 Å². The van der Waals surface area contributed by atoms with Gasteiger partial charge in [-0.1, -0.05) is 34.1 Å². The largest absolute Gasteiger partial charge is 0.480 e. The normalized spacial score (nSPS) is 18.3. The van der Waals surface area contributed by atoms with Gasteiger partial charge in [0, 0.05) is 0 Å². The van der Waals surface area contributed by atoms with E-state index < -0.39 is 60.1 Å². The molecule has 0 aliphatic rings. The average Bonchev–Trinajstić information content (AvgIpc) is 2.65. The van der Waals surface area contributed by atoms with Gasteiger partial charge in [-0.2, -0.15) is 0 Å². The fourth-order valence-electron chi connectivity index (χ4n) is 2.58. The van der Waals surface area contributed by atoms with Gasteiger partial charge >= 0.3 is 5.97 Å². The SMILES string of the molecule is CCC(C)C(N)C(=O)NC(C(=O)NC(C(=O)NC(C(=O)O)C(C)O)C(C)O)C(C)C. The summed E-state index contributed by atoms with van der Waals surface area (Å²) in [5.74, 6) is -4.18. The van der Waals surface area contributed by atoms with Gasteiger partial charge in [-0.3, -0.25) is 14.4 Å². The minimum atomic E-state index is -1.62. The number of carboxylic acids is 1. The van der Waals surface area contributed by atoms with E-state index in [-0.39, 0.29) is 11.8 Å². The smallest absolute Gasteiger partial charge is 0.328 e. The quantitative estimate of drug-likeness (QED) is 0.190. The maximum absolute atomic E-state index is 12.7. The Morgan fingerprint density at radius 2 is 1.17 bits per heavy atom. The van der Waals surface area contributed by atoms with E-state index in [1.54, 1.807) is 13.8 Å². The Kier molecular flexibility index (Phi) is 11.5. The molecule has 0 fully saturated rings. The lowest BCUT2D eigenvalue weighted by molar-refractivity contribution is -0.146. The second-order valence-electron chi connectivity index (χ2n) is 7.93. The van der Waals surface area contributed by atoms with Gasteiger partial charge in [0.1, 0.15) is 12.1 Å². The number of hydrogen-bond acceptors (Lipinski definition) is 7. The molecular formula is C19H36N4O7. The van der Waals surface area contributed by atoms with Gasteiger partial charge in [0.05, 0.1) is 18.2 Å². The van der Waals surface area contributed by atoms with Crippen molar-refractivity contribution in [2.24, 2.45) is 17.6 Å². The van der Waals surface area contributed by atoms with Crippen LogP contribution in [0.2, 0.25) is 0 Å². The molecule has 11 heteroatoms. The molecule has 11 nitrogen and oxygen atoms in total. The highest BCUT2D eigenvalue weighted by molar-refractivity contribution is 5.94. The topological polar surface area (TPSA) is 191 Å². The summed E-state index contributed by atoms with van der Waals surface area (Å²) < 4.78 is 0. The predicted octanol–water partition coefficient (Wildman–Crippen LogP) is -1.68. The minimum Gasteiger partial charge on any atom is -0.480 e. The van der Waals surface area contributed by atoms with Gasteiger partial charge < -0.3 is 37.0 Å². The van der Waals surface area contributed by atoms with E-state index in [9.17, 15) is 29.4 Å². The molecule has 30 heavy (non-hydrogen) atoms. The molecule has 0 bridgehead atoms. The number of aliphatic carboxylic acids is 1. The third-order valence-corrected chi connectivity index (χ3v) is 4.92. The Hall–Kier alpha value is -2.24. The van der Waals surface area contributed by atoms with Crippen LogP contribution in [0.1, 0.15) is 48.0 Å². The summed E-state index contributed by atoms with van der Waals surface area (Å²) in [6, 6.07) is -4.97. The van der Waals surface area contributed by atoms with Crippen LogP contribution in [0.4, 0.5) is 0 Å².